The summed E-state index contributed by atoms with van der Waals surface area (Å²) >= 11 is 0. The number of amides is 1. The van der Waals surface area contributed by atoms with Gasteiger partial charge in [0.05, 0.1) is 23.6 Å². The highest BCUT2D eigenvalue weighted by Crippen LogP contribution is 2.26. The maximum absolute atomic E-state index is 12.7. The molecule has 0 spiro atoms. The first-order valence-corrected chi connectivity index (χ1v) is 11.1. The van der Waals surface area contributed by atoms with E-state index in [4.69, 9.17) is 4.74 Å². The number of carbonyl (C=O) groups excluding carboxylic acids is 1. The molecule has 9 nitrogen and oxygen atoms in total. The van der Waals surface area contributed by atoms with Crippen molar-refractivity contribution < 1.29 is 9.53 Å². The normalized spacial score (nSPS) is 15.1. The molecule has 0 bridgehead atoms. The van der Waals surface area contributed by atoms with E-state index in [0.29, 0.717) is 13.1 Å². The fourth-order valence-corrected chi connectivity index (χ4v) is 4.10. The van der Waals surface area contributed by atoms with Gasteiger partial charge in [0.25, 0.3) is 0 Å². The summed E-state index contributed by atoms with van der Waals surface area (Å²) in [7, 11) is 1.91. The second-order valence-corrected chi connectivity index (χ2v) is 8.41. The zero-order valence-corrected chi connectivity index (χ0v) is 19.0. The second-order valence-electron chi connectivity index (χ2n) is 8.41. The van der Waals surface area contributed by atoms with E-state index in [-0.39, 0.29) is 12.2 Å². The third-order valence-corrected chi connectivity index (χ3v) is 6.09. The average molecular weight is 446 g/mol. The number of rotatable bonds is 4. The van der Waals surface area contributed by atoms with E-state index in [9.17, 15) is 4.79 Å². The van der Waals surface area contributed by atoms with E-state index in [1.54, 1.807) is 15.8 Å². The monoisotopic (exact) mass is 445 g/mol. The highest BCUT2D eigenvalue weighted by molar-refractivity contribution is 5.76. The molecule has 5 rings (SSSR count). The van der Waals surface area contributed by atoms with Gasteiger partial charge in [0, 0.05) is 74.2 Å². The summed E-state index contributed by atoms with van der Waals surface area (Å²) in [5.74, 6) is 0. The Hall–Kier alpha value is -3.88. The standard InChI is InChI=1S/C24H27N7O2/c1-17-4-5-19(12-25-17)18(2)33-24(32)30-10-8-29(9-11-30)23-14-27-31-16-20(6-7-22(23)31)21-13-26-28(3)15-21/h4-7,12-16,18H,8-11H2,1-3H3. The van der Waals surface area contributed by atoms with Gasteiger partial charge in [-0.1, -0.05) is 12.1 Å². The Balaban J connectivity index is 1.22. The Labute approximate surface area is 192 Å². The predicted octanol–water partition coefficient (Wildman–Crippen LogP) is 3.46. The topological polar surface area (TPSA) is 80.8 Å². The molecule has 4 aromatic rings. The number of pyridine rings is 2. The predicted molar refractivity (Wildman–Crippen MR) is 125 cm³/mol. The van der Waals surface area contributed by atoms with Crippen molar-refractivity contribution in [2.24, 2.45) is 7.05 Å². The molecule has 33 heavy (non-hydrogen) atoms. The maximum atomic E-state index is 12.7. The molecule has 1 aliphatic heterocycles. The van der Waals surface area contributed by atoms with E-state index >= 15 is 0 Å². The van der Waals surface area contributed by atoms with Crippen molar-refractivity contribution in [3.63, 3.8) is 0 Å². The number of hydrogen-bond donors (Lipinski definition) is 0. The van der Waals surface area contributed by atoms with Crippen LogP contribution in [0.3, 0.4) is 0 Å². The van der Waals surface area contributed by atoms with Gasteiger partial charge in [-0.15, -0.1) is 0 Å². The number of hydrogen-bond acceptors (Lipinski definition) is 6. The molecule has 0 aromatic carbocycles. The van der Waals surface area contributed by atoms with E-state index in [1.807, 2.05) is 62.3 Å². The first-order chi connectivity index (χ1) is 16.0. The van der Waals surface area contributed by atoms with Crippen LogP contribution in [0.4, 0.5) is 10.5 Å². The van der Waals surface area contributed by atoms with E-state index < -0.39 is 0 Å². The molecule has 0 aliphatic carbocycles. The summed E-state index contributed by atoms with van der Waals surface area (Å²) in [6.07, 6.45) is 8.88. The molecule has 0 N–H and O–H groups in total. The Bertz CT molecular complexity index is 1270. The SMILES string of the molecule is Cc1ccc(C(C)OC(=O)N2CCN(c3cnn4cc(-c5cnn(C)c5)ccc34)CC2)cn1. The zero-order chi connectivity index (χ0) is 22.9. The number of aromatic nitrogens is 5. The Morgan fingerprint density at radius 3 is 2.48 bits per heavy atom. The van der Waals surface area contributed by atoms with E-state index in [0.717, 1.165) is 46.7 Å². The van der Waals surface area contributed by atoms with E-state index in [1.165, 1.54) is 0 Å². The molecule has 170 valence electrons. The van der Waals surface area contributed by atoms with Crippen LogP contribution < -0.4 is 4.90 Å². The number of nitrogens with zero attached hydrogens (tertiary/aromatic N) is 7. The van der Waals surface area contributed by atoms with Crippen molar-refractivity contribution in [2.45, 2.75) is 20.0 Å². The summed E-state index contributed by atoms with van der Waals surface area (Å²) in [6.45, 7) is 6.46. The first kappa shape index (κ1) is 21.0. The van der Waals surface area contributed by atoms with Crippen LogP contribution in [0, 0.1) is 6.92 Å². The number of fused-ring (bicyclic) bond motifs is 1. The Morgan fingerprint density at radius 2 is 1.79 bits per heavy atom. The molecule has 1 aliphatic rings. The largest absolute Gasteiger partial charge is 0.441 e. The van der Waals surface area contributed by atoms with Gasteiger partial charge in [0.1, 0.15) is 6.10 Å². The summed E-state index contributed by atoms with van der Waals surface area (Å²) in [5.41, 5.74) is 6.06. The molecule has 1 unspecified atom stereocenters. The molecule has 0 saturated carbocycles. The molecule has 9 heteroatoms. The van der Waals surface area contributed by atoms with Crippen molar-refractivity contribution in [2.75, 3.05) is 31.1 Å². The first-order valence-electron chi connectivity index (χ1n) is 11.1. The molecular formula is C24H27N7O2. The number of anilines is 1. The van der Waals surface area contributed by atoms with E-state index in [2.05, 4.69) is 32.2 Å². The molecule has 5 heterocycles. The number of carbonyl (C=O) groups is 1. The van der Waals surface area contributed by atoms with Crippen LogP contribution in [0.5, 0.6) is 0 Å². The molecule has 1 amide bonds. The van der Waals surface area contributed by atoms with Crippen LogP contribution in [0.2, 0.25) is 0 Å². The summed E-state index contributed by atoms with van der Waals surface area (Å²) in [5, 5.41) is 8.80. The van der Waals surface area contributed by atoms with Gasteiger partial charge in [-0.25, -0.2) is 9.31 Å². The number of aryl methyl sites for hydroxylation is 2. The van der Waals surface area contributed by atoms with Crippen molar-refractivity contribution in [3.05, 3.63) is 66.5 Å². The summed E-state index contributed by atoms with van der Waals surface area (Å²) < 4.78 is 9.36. The third kappa shape index (κ3) is 4.26. The average Bonchev–Trinajstić information content (AvgIpc) is 3.45. The molecule has 1 saturated heterocycles. The van der Waals surface area contributed by atoms with Gasteiger partial charge >= 0.3 is 6.09 Å². The Kier molecular flexibility index (Phi) is 5.45. The fourth-order valence-electron chi connectivity index (χ4n) is 4.10. The maximum Gasteiger partial charge on any atom is 0.410 e. The zero-order valence-electron chi connectivity index (χ0n) is 19.0. The highest BCUT2D eigenvalue weighted by atomic mass is 16.6. The Morgan fingerprint density at radius 1 is 0.970 bits per heavy atom. The van der Waals surface area contributed by atoms with Gasteiger partial charge < -0.3 is 14.5 Å². The van der Waals surface area contributed by atoms with Crippen LogP contribution in [-0.2, 0) is 11.8 Å². The lowest BCUT2D eigenvalue weighted by Gasteiger charge is -2.35. The highest BCUT2D eigenvalue weighted by Gasteiger charge is 2.25. The van der Waals surface area contributed by atoms with Crippen LogP contribution in [-0.4, -0.2) is 61.6 Å². The summed E-state index contributed by atoms with van der Waals surface area (Å²) in [4.78, 5) is 21.0. The number of ether oxygens (including phenoxy) is 1. The lowest BCUT2D eigenvalue weighted by atomic mass is 10.1. The van der Waals surface area contributed by atoms with Gasteiger partial charge in [0.15, 0.2) is 0 Å². The van der Waals surface area contributed by atoms with Crippen LogP contribution in [0.15, 0.2) is 55.2 Å². The number of piperazine rings is 1. The van der Waals surface area contributed by atoms with Crippen molar-refractivity contribution in [1.29, 1.82) is 0 Å². The van der Waals surface area contributed by atoms with Crippen LogP contribution in [0.25, 0.3) is 16.6 Å². The molecule has 1 fully saturated rings. The quantitative estimate of drug-likeness (QED) is 0.479. The van der Waals surface area contributed by atoms with Gasteiger partial charge in [-0.2, -0.15) is 10.2 Å². The van der Waals surface area contributed by atoms with Gasteiger partial charge in [-0.05, 0) is 26.0 Å². The minimum Gasteiger partial charge on any atom is -0.441 e. The smallest absolute Gasteiger partial charge is 0.410 e. The van der Waals surface area contributed by atoms with Gasteiger partial charge in [0.2, 0.25) is 0 Å². The minimum absolute atomic E-state index is 0.288. The van der Waals surface area contributed by atoms with Crippen LogP contribution in [0.1, 0.15) is 24.3 Å². The third-order valence-electron chi connectivity index (χ3n) is 6.09. The molecule has 0 radical (unpaired) electrons. The van der Waals surface area contributed by atoms with Gasteiger partial charge in [-0.3, -0.25) is 9.67 Å². The molecule has 4 aromatic heterocycles. The fraction of sp³-hybridized carbons (Fsp3) is 0.333. The van der Waals surface area contributed by atoms with Crippen LogP contribution >= 0.6 is 0 Å². The lowest BCUT2D eigenvalue weighted by molar-refractivity contribution is 0.0679. The lowest BCUT2D eigenvalue weighted by Crippen LogP contribution is -2.49. The minimum atomic E-state index is -0.336. The molecular weight excluding hydrogens is 418 g/mol. The van der Waals surface area contributed by atoms with Crippen molar-refractivity contribution >= 4 is 17.3 Å². The van der Waals surface area contributed by atoms with Crippen molar-refractivity contribution in [3.8, 4) is 11.1 Å². The second kappa shape index (κ2) is 8.57. The summed E-state index contributed by atoms with van der Waals surface area (Å²) in [6, 6.07) is 8.05. The van der Waals surface area contributed by atoms with Crippen molar-refractivity contribution in [1.82, 2.24) is 29.3 Å². The molecule has 1 atom stereocenters.